The van der Waals surface area contributed by atoms with Crippen LogP contribution in [0.25, 0.3) is 0 Å². The van der Waals surface area contributed by atoms with Crippen LogP contribution in [-0.4, -0.2) is 47.4 Å². The van der Waals surface area contributed by atoms with Crippen molar-refractivity contribution in [1.29, 1.82) is 0 Å². The van der Waals surface area contributed by atoms with Crippen LogP contribution in [0, 0.1) is 0 Å². The third-order valence-corrected chi connectivity index (χ3v) is 4.24. The number of nitrogens with one attached hydrogen (secondary N) is 1. The van der Waals surface area contributed by atoms with E-state index in [1.807, 2.05) is 19.0 Å². The molecule has 118 valence electrons. The van der Waals surface area contributed by atoms with Crippen molar-refractivity contribution in [2.45, 2.75) is 44.3 Å². The van der Waals surface area contributed by atoms with Crippen LogP contribution in [0.15, 0.2) is 11.0 Å². The van der Waals surface area contributed by atoms with Gasteiger partial charge in [-0.3, -0.25) is 4.79 Å². The smallest absolute Gasteiger partial charge is 0.287 e. The van der Waals surface area contributed by atoms with Crippen LogP contribution in [0.2, 0.25) is 5.02 Å². The van der Waals surface area contributed by atoms with E-state index in [0.717, 1.165) is 32.2 Å². The molecule has 0 spiro atoms. The third kappa shape index (κ3) is 4.43. The molecule has 1 aromatic heterocycles. The van der Waals surface area contributed by atoms with E-state index in [1.165, 1.54) is 4.68 Å². The summed E-state index contributed by atoms with van der Waals surface area (Å²) in [6, 6.07) is 0.622. The van der Waals surface area contributed by atoms with Gasteiger partial charge >= 0.3 is 0 Å². The lowest BCUT2D eigenvalue weighted by molar-refractivity contribution is 0.367. The summed E-state index contributed by atoms with van der Waals surface area (Å²) in [5.41, 5.74) is 6.29. The lowest BCUT2D eigenvalue weighted by atomic mass is 9.92. The number of hydrogen-bond donors (Lipinski definition) is 2. The number of hydrogen-bond acceptors (Lipinski definition) is 5. The summed E-state index contributed by atoms with van der Waals surface area (Å²) in [6.45, 7) is 1.28. The predicted molar refractivity (Wildman–Crippen MR) is 85.9 cm³/mol. The zero-order valence-corrected chi connectivity index (χ0v) is 13.4. The van der Waals surface area contributed by atoms with Crippen molar-refractivity contribution in [3.05, 3.63) is 21.6 Å². The highest BCUT2D eigenvalue weighted by Gasteiger charge is 2.20. The summed E-state index contributed by atoms with van der Waals surface area (Å²) in [5, 5.41) is 7.75. The Hall–Kier alpha value is -1.11. The van der Waals surface area contributed by atoms with E-state index < -0.39 is 0 Å². The average molecular weight is 314 g/mol. The number of likely N-dealkylation sites (N-methyl/N-ethyl adjacent to an activating group) is 1. The van der Waals surface area contributed by atoms with E-state index >= 15 is 0 Å². The Morgan fingerprint density at radius 1 is 1.43 bits per heavy atom. The van der Waals surface area contributed by atoms with E-state index in [9.17, 15) is 4.79 Å². The fraction of sp³-hybridized carbons (Fsp3) is 0.714. The molecule has 3 N–H and O–H groups in total. The molecule has 2 rings (SSSR count). The first kappa shape index (κ1) is 16.3. The molecule has 6 nitrogen and oxygen atoms in total. The number of halogens is 1. The Kier molecular flexibility index (Phi) is 5.61. The Morgan fingerprint density at radius 3 is 2.71 bits per heavy atom. The van der Waals surface area contributed by atoms with Gasteiger partial charge in [0.1, 0.15) is 5.02 Å². The van der Waals surface area contributed by atoms with Crippen molar-refractivity contribution < 1.29 is 0 Å². The zero-order chi connectivity index (χ0) is 15.4. The minimum absolute atomic E-state index is 0.221. The number of nitrogens with zero attached hydrogens (tertiary/aromatic N) is 3. The number of aromatic nitrogens is 2. The van der Waals surface area contributed by atoms with Gasteiger partial charge in [-0.15, -0.1) is 0 Å². The summed E-state index contributed by atoms with van der Waals surface area (Å²) in [6.07, 6.45) is 5.65. The summed E-state index contributed by atoms with van der Waals surface area (Å²) in [7, 11) is 3.91. The molecule has 0 unspecified atom stereocenters. The maximum atomic E-state index is 12.2. The summed E-state index contributed by atoms with van der Waals surface area (Å²) >= 11 is 6.19. The molecule has 0 aromatic carbocycles. The van der Waals surface area contributed by atoms with Crippen LogP contribution < -0.4 is 16.6 Å². The van der Waals surface area contributed by atoms with E-state index in [2.05, 4.69) is 10.4 Å². The van der Waals surface area contributed by atoms with Crippen LogP contribution in [-0.2, 0) is 6.54 Å². The molecule has 1 aliphatic rings. The highest BCUT2D eigenvalue weighted by molar-refractivity contribution is 6.32. The molecule has 7 heteroatoms. The van der Waals surface area contributed by atoms with Gasteiger partial charge in [0.25, 0.3) is 5.56 Å². The van der Waals surface area contributed by atoms with E-state index in [4.69, 9.17) is 17.3 Å². The van der Waals surface area contributed by atoms with Gasteiger partial charge in [-0.2, -0.15) is 5.10 Å². The normalized spacial score (nSPS) is 22.5. The highest BCUT2D eigenvalue weighted by atomic mass is 35.5. The van der Waals surface area contributed by atoms with Crippen molar-refractivity contribution in [3.8, 4) is 0 Å². The van der Waals surface area contributed by atoms with Crippen molar-refractivity contribution in [2.75, 3.05) is 26.0 Å². The lowest BCUT2D eigenvalue weighted by Gasteiger charge is -2.27. The van der Waals surface area contributed by atoms with Gasteiger partial charge in [-0.25, -0.2) is 4.68 Å². The van der Waals surface area contributed by atoms with Gasteiger partial charge in [-0.05, 0) is 39.8 Å². The number of anilines is 1. The van der Waals surface area contributed by atoms with Gasteiger partial charge in [-0.1, -0.05) is 11.6 Å². The SMILES string of the molecule is CN(C)CCn1ncc(NC2CCC(N)CC2)c(Cl)c1=O. The van der Waals surface area contributed by atoms with Crippen LogP contribution in [0.1, 0.15) is 25.7 Å². The maximum absolute atomic E-state index is 12.2. The van der Waals surface area contributed by atoms with E-state index in [0.29, 0.717) is 24.3 Å². The van der Waals surface area contributed by atoms with Gasteiger partial charge in [0, 0.05) is 18.6 Å². The first-order chi connectivity index (χ1) is 9.97. The van der Waals surface area contributed by atoms with Gasteiger partial charge in [0.15, 0.2) is 0 Å². The van der Waals surface area contributed by atoms with Gasteiger partial charge in [0.05, 0.1) is 18.4 Å². The minimum atomic E-state index is -0.240. The van der Waals surface area contributed by atoms with Crippen LogP contribution >= 0.6 is 11.6 Å². The second kappa shape index (κ2) is 7.24. The Labute approximate surface area is 130 Å². The van der Waals surface area contributed by atoms with Gasteiger partial charge in [0.2, 0.25) is 0 Å². The second-order valence-electron chi connectivity index (χ2n) is 5.96. The molecule has 1 aliphatic carbocycles. The molecule has 0 atom stereocenters. The number of nitrogens with two attached hydrogens (primary N) is 1. The first-order valence-corrected chi connectivity index (χ1v) is 7.77. The van der Waals surface area contributed by atoms with Crippen LogP contribution in [0.3, 0.4) is 0 Å². The molecule has 1 fully saturated rings. The largest absolute Gasteiger partial charge is 0.380 e. The predicted octanol–water partition coefficient (Wildman–Crippen LogP) is 1.14. The molecular formula is C14H24ClN5O. The summed E-state index contributed by atoms with van der Waals surface area (Å²) < 4.78 is 1.41. The third-order valence-electron chi connectivity index (χ3n) is 3.88. The Morgan fingerprint density at radius 2 is 2.10 bits per heavy atom. The zero-order valence-electron chi connectivity index (χ0n) is 12.7. The maximum Gasteiger partial charge on any atom is 0.287 e. The molecule has 1 saturated carbocycles. The first-order valence-electron chi connectivity index (χ1n) is 7.40. The summed E-state index contributed by atoms with van der Waals surface area (Å²) in [4.78, 5) is 14.2. The van der Waals surface area contributed by atoms with Crippen LogP contribution in [0.5, 0.6) is 0 Å². The molecule has 21 heavy (non-hydrogen) atoms. The lowest BCUT2D eigenvalue weighted by Crippen LogP contribution is -2.34. The molecular weight excluding hydrogens is 290 g/mol. The molecule has 0 radical (unpaired) electrons. The quantitative estimate of drug-likeness (QED) is 0.852. The molecule has 0 aliphatic heterocycles. The molecule has 1 aromatic rings. The van der Waals surface area contributed by atoms with Crippen molar-refractivity contribution in [3.63, 3.8) is 0 Å². The Balaban J connectivity index is 2.04. The minimum Gasteiger partial charge on any atom is -0.380 e. The van der Waals surface area contributed by atoms with Crippen LogP contribution in [0.4, 0.5) is 5.69 Å². The molecule has 0 bridgehead atoms. The second-order valence-corrected chi connectivity index (χ2v) is 6.34. The standard InChI is InChI=1S/C14H24ClN5O/c1-19(2)7-8-20-14(21)13(15)12(9-17-20)18-11-5-3-10(16)4-6-11/h9-11,18H,3-8,16H2,1-2H3. The number of rotatable bonds is 5. The molecule has 0 amide bonds. The molecule has 1 heterocycles. The van der Waals surface area contributed by atoms with Gasteiger partial charge < -0.3 is 16.0 Å². The highest BCUT2D eigenvalue weighted by Crippen LogP contribution is 2.23. The van der Waals surface area contributed by atoms with Crippen molar-refractivity contribution in [1.82, 2.24) is 14.7 Å². The fourth-order valence-corrected chi connectivity index (χ4v) is 2.70. The van der Waals surface area contributed by atoms with E-state index in [-0.39, 0.29) is 10.6 Å². The van der Waals surface area contributed by atoms with E-state index in [1.54, 1.807) is 6.20 Å². The molecule has 0 saturated heterocycles. The van der Waals surface area contributed by atoms with Crippen molar-refractivity contribution in [2.24, 2.45) is 5.73 Å². The average Bonchev–Trinajstić information content (AvgIpc) is 2.45. The monoisotopic (exact) mass is 313 g/mol. The van der Waals surface area contributed by atoms with Crippen molar-refractivity contribution >= 4 is 17.3 Å². The topological polar surface area (TPSA) is 76.2 Å². The Bertz CT molecular complexity index is 523. The fourth-order valence-electron chi connectivity index (χ4n) is 2.50. The summed E-state index contributed by atoms with van der Waals surface area (Å²) in [5.74, 6) is 0.